The first-order valence-electron chi connectivity index (χ1n) is 9.53. The molecule has 1 saturated carbocycles. The monoisotopic (exact) mass is 421 g/mol. The summed E-state index contributed by atoms with van der Waals surface area (Å²) in [7, 11) is 3.36. The lowest BCUT2D eigenvalue weighted by atomic mass is 10.1. The molecule has 0 saturated heterocycles. The second-order valence-electron chi connectivity index (χ2n) is 6.88. The largest absolute Gasteiger partial charge is 0.496 e. The van der Waals surface area contributed by atoms with Gasteiger partial charge in [-0.3, -0.25) is 9.59 Å². The molecule has 0 spiro atoms. The van der Waals surface area contributed by atoms with Crippen LogP contribution in [0.3, 0.4) is 0 Å². The predicted molar refractivity (Wildman–Crippen MR) is 112 cm³/mol. The Morgan fingerprint density at radius 1 is 1.20 bits per heavy atom. The molecule has 1 aromatic heterocycles. The van der Waals surface area contributed by atoms with E-state index in [0.29, 0.717) is 18.7 Å². The quantitative estimate of drug-likeness (QED) is 0.670. The van der Waals surface area contributed by atoms with Gasteiger partial charge in [0.1, 0.15) is 11.6 Å². The van der Waals surface area contributed by atoms with Gasteiger partial charge in [0.25, 0.3) is 11.9 Å². The molecule has 2 aromatic rings. The number of nitrogens with zero attached hydrogens (tertiary/aromatic N) is 2. The zero-order valence-corrected chi connectivity index (χ0v) is 17.9. The molecule has 1 fully saturated rings. The third kappa shape index (κ3) is 8.22. The average molecular weight is 421 g/mol. The average Bonchev–Trinajstić information content (AvgIpc) is 3.29. The highest BCUT2D eigenvalue weighted by molar-refractivity contribution is 5.63. The van der Waals surface area contributed by atoms with Gasteiger partial charge < -0.3 is 30.0 Å². The van der Waals surface area contributed by atoms with Crippen LogP contribution in [-0.4, -0.2) is 52.0 Å². The topological polar surface area (TPSA) is 137 Å². The summed E-state index contributed by atoms with van der Waals surface area (Å²) in [5.74, 6) is 0.158. The van der Waals surface area contributed by atoms with Gasteiger partial charge in [-0.25, -0.2) is 4.98 Å². The first kappa shape index (κ1) is 25.1. The minimum absolute atomic E-state index is 0.306. The van der Waals surface area contributed by atoms with Crippen molar-refractivity contribution in [1.82, 2.24) is 9.55 Å². The van der Waals surface area contributed by atoms with E-state index in [1.165, 1.54) is 0 Å². The van der Waals surface area contributed by atoms with Gasteiger partial charge in [0.15, 0.2) is 0 Å². The van der Waals surface area contributed by atoms with E-state index in [4.69, 9.17) is 35.0 Å². The number of hydrogen-bond donors (Lipinski definition) is 3. The number of imidazole rings is 1. The molecule has 0 aliphatic heterocycles. The van der Waals surface area contributed by atoms with E-state index in [1.54, 1.807) is 14.2 Å². The fraction of sp³-hybridized carbons (Fsp3) is 0.476. The second-order valence-corrected chi connectivity index (χ2v) is 6.88. The van der Waals surface area contributed by atoms with Gasteiger partial charge in [0.05, 0.1) is 13.7 Å². The summed E-state index contributed by atoms with van der Waals surface area (Å²) in [4.78, 5) is 22.6. The maximum absolute atomic E-state index is 9.00. The molecule has 1 heterocycles. The highest BCUT2D eigenvalue weighted by Crippen LogP contribution is 2.33. The molecule has 166 valence electrons. The van der Waals surface area contributed by atoms with Crippen LogP contribution in [0, 0.1) is 0 Å². The second kappa shape index (κ2) is 12.6. The van der Waals surface area contributed by atoms with Crippen molar-refractivity contribution >= 4 is 11.9 Å². The van der Waals surface area contributed by atoms with Crippen LogP contribution in [0.2, 0.25) is 0 Å². The molecule has 0 unspecified atom stereocenters. The zero-order chi connectivity index (χ0) is 22.7. The molecule has 1 aliphatic carbocycles. The molecular weight excluding hydrogens is 390 g/mol. The molecular formula is C21H31N3O6. The van der Waals surface area contributed by atoms with Crippen molar-refractivity contribution in [2.75, 3.05) is 14.2 Å². The van der Waals surface area contributed by atoms with E-state index in [1.807, 2.05) is 18.3 Å². The molecule has 0 bridgehead atoms. The summed E-state index contributed by atoms with van der Waals surface area (Å²) in [5.41, 5.74) is 8.16. The fourth-order valence-electron chi connectivity index (χ4n) is 3.26. The van der Waals surface area contributed by atoms with Gasteiger partial charge in [-0.2, -0.15) is 0 Å². The molecule has 3 rings (SSSR count). The number of carboxylic acids is 2. The van der Waals surface area contributed by atoms with E-state index in [2.05, 4.69) is 21.8 Å². The maximum atomic E-state index is 9.00. The molecule has 1 aromatic carbocycles. The summed E-state index contributed by atoms with van der Waals surface area (Å²) in [5, 5.41) is 14.8. The van der Waals surface area contributed by atoms with Crippen LogP contribution in [0.4, 0.5) is 0 Å². The van der Waals surface area contributed by atoms with Crippen molar-refractivity contribution in [3.8, 4) is 17.1 Å². The smallest absolute Gasteiger partial charge is 0.300 e. The lowest BCUT2D eigenvalue weighted by Gasteiger charge is -2.16. The summed E-state index contributed by atoms with van der Waals surface area (Å²) in [6.45, 7) is 2.69. The number of benzene rings is 1. The number of methoxy groups -OCH3 is 2. The van der Waals surface area contributed by atoms with E-state index < -0.39 is 11.9 Å². The minimum Gasteiger partial charge on any atom is -0.496 e. The van der Waals surface area contributed by atoms with Crippen LogP contribution < -0.4 is 10.5 Å². The van der Waals surface area contributed by atoms with Crippen molar-refractivity contribution in [3.05, 3.63) is 36.2 Å². The molecule has 9 nitrogen and oxygen atoms in total. The van der Waals surface area contributed by atoms with Crippen molar-refractivity contribution < 1.29 is 29.3 Å². The Labute approximate surface area is 176 Å². The molecule has 2 atom stereocenters. The Morgan fingerprint density at radius 3 is 2.33 bits per heavy atom. The lowest BCUT2D eigenvalue weighted by molar-refractivity contribution is -0.135. The van der Waals surface area contributed by atoms with Crippen LogP contribution >= 0.6 is 0 Å². The first-order valence-corrected chi connectivity index (χ1v) is 9.53. The summed E-state index contributed by atoms with van der Waals surface area (Å²) < 4.78 is 12.9. The van der Waals surface area contributed by atoms with E-state index in [-0.39, 0.29) is 0 Å². The van der Waals surface area contributed by atoms with Crippen LogP contribution in [-0.2, 0) is 20.9 Å². The van der Waals surface area contributed by atoms with Crippen molar-refractivity contribution in [1.29, 1.82) is 0 Å². The Hall–Kier alpha value is -2.91. The first-order chi connectivity index (χ1) is 14.2. The number of carboxylic acid groups (broad SMARTS) is 2. The SMILES string of the molecule is CC(=O)O.CC(=O)O.COCc1cc(-c2nccn2[C@@H]2CC[C@@H](N)C2)ccc1OC. The Morgan fingerprint density at radius 2 is 1.83 bits per heavy atom. The standard InChI is InChI=1S/C17H23N3O2.2C2H4O2/c1-21-11-13-9-12(3-6-16(13)22-2)17-19-7-8-20(17)15-5-4-14(18)10-15;2*1-2(3)4/h3,6-9,14-15H,4-5,10-11,18H2,1-2H3;2*1H3,(H,3,4)/t14-,15-;;/m1../s1. The number of rotatable bonds is 5. The molecule has 9 heteroatoms. The third-order valence-corrected chi connectivity index (χ3v) is 4.35. The summed E-state index contributed by atoms with van der Waals surface area (Å²) in [6.07, 6.45) is 7.13. The zero-order valence-electron chi connectivity index (χ0n) is 17.9. The molecule has 30 heavy (non-hydrogen) atoms. The molecule has 1 aliphatic rings. The minimum atomic E-state index is -0.833. The van der Waals surface area contributed by atoms with Crippen molar-refractivity contribution in [3.63, 3.8) is 0 Å². The van der Waals surface area contributed by atoms with Crippen LogP contribution in [0.1, 0.15) is 44.7 Å². The highest BCUT2D eigenvalue weighted by atomic mass is 16.5. The number of aromatic nitrogens is 2. The number of aliphatic carboxylic acids is 2. The molecule has 4 N–H and O–H groups in total. The third-order valence-electron chi connectivity index (χ3n) is 4.35. The van der Waals surface area contributed by atoms with Crippen molar-refractivity contribution in [2.24, 2.45) is 5.73 Å². The number of nitrogens with two attached hydrogens (primary N) is 1. The number of carbonyl (C=O) groups is 2. The Bertz CT molecular complexity index is 801. The van der Waals surface area contributed by atoms with Gasteiger partial charge in [0.2, 0.25) is 0 Å². The van der Waals surface area contributed by atoms with Gasteiger partial charge >= 0.3 is 0 Å². The Balaban J connectivity index is 0.000000485. The van der Waals surface area contributed by atoms with Gasteiger partial charge in [0, 0.05) is 56.6 Å². The Kier molecular flexibility index (Phi) is 10.6. The lowest BCUT2D eigenvalue weighted by Crippen LogP contribution is -2.16. The van der Waals surface area contributed by atoms with Crippen LogP contribution in [0.25, 0.3) is 11.4 Å². The van der Waals surface area contributed by atoms with Crippen molar-refractivity contribution in [2.45, 2.75) is 51.8 Å². The normalized spacial score (nSPS) is 17.2. The van der Waals surface area contributed by atoms with Gasteiger partial charge in [-0.1, -0.05) is 0 Å². The highest BCUT2D eigenvalue weighted by Gasteiger charge is 2.25. The molecule has 0 amide bonds. The van der Waals surface area contributed by atoms with Crippen LogP contribution in [0.5, 0.6) is 5.75 Å². The molecule has 0 radical (unpaired) electrons. The number of ether oxygens (including phenoxy) is 2. The summed E-state index contributed by atoms with van der Waals surface area (Å²) in [6, 6.07) is 6.87. The van der Waals surface area contributed by atoms with Gasteiger partial charge in [-0.05, 0) is 37.5 Å². The predicted octanol–water partition coefficient (Wildman–Crippen LogP) is 2.94. The number of hydrogen-bond acceptors (Lipinski definition) is 6. The van der Waals surface area contributed by atoms with E-state index >= 15 is 0 Å². The van der Waals surface area contributed by atoms with E-state index in [0.717, 1.165) is 55.8 Å². The van der Waals surface area contributed by atoms with E-state index in [9.17, 15) is 0 Å². The maximum Gasteiger partial charge on any atom is 0.300 e. The summed E-state index contributed by atoms with van der Waals surface area (Å²) >= 11 is 0. The van der Waals surface area contributed by atoms with Crippen LogP contribution in [0.15, 0.2) is 30.6 Å². The fourth-order valence-corrected chi connectivity index (χ4v) is 3.26. The van der Waals surface area contributed by atoms with Gasteiger partial charge in [-0.15, -0.1) is 0 Å².